The molecule has 3 heteroatoms. The fraction of sp³-hybridized carbons (Fsp3) is 0. The second-order valence-electron chi connectivity index (χ2n) is 3.84. The summed E-state index contributed by atoms with van der Waals surface area (Å²) in [6, 6.07) is 13.4. The van der Waals surface area contributed by atoms with E-state index in [0.717, 1.165) is 16.6 Å². The zero-order valence-corrected chi connectivity index (χ0v) is 9.05. The minimum atomic E-state index is -0.0799. The molecule has 2 aromatic heterocycles. The molecule has 0 unspecified atom stereocenters. The number of H-pyrrole nitrogens is 1. The Hall–Kier alpha value is -2.42. The normalized spacial score (nSPS) is 10.6. The van der Waals surface area contributed by atoms with Gasteiger partial charge in [0.1, 0.15) is 0 Å². The van der Waals surface area contributed by atoms with Crippen LogP contribution >= 0.6 is 0 Å². The molecule has 0 amide bonds. The van der Waals surface area contributed by atoms with Crippen molar-refractivity contribution in [1.82, 2.24) is 9.97 Å². The molecule has 3 aromatic rings. The molecule has 0 fully saturated rings. The van der Waals surface area contributed by atoms with Crippen LogP contribution in [0.2, 0.25) is 0 Å². The van der Waals surface area contributed by atoms with Crippen molar-refractivity contribution in [2.24, 2.45) is 0 Å². The second kappa shape index (κ2) is 3.87. The van der Waals surface area contributed by atoms with Crippen LogP contribution in [-0.4, -0.2) is 9.97 Å². The first-order valence-electron chi connectivity index (χ1n) is 5.37. The average molecular weight is 222 g/mol. The average Bonchev–Trinajstić information content (AvgIpc) is 2.40. The van der Waals surface area contributed by atoms with Crippen LogP contribution in [0.25, 0.3) is 22.0 Å². The summed E-state index contributed by atoms with van der Waals surface area (Å²) >= 11 is 0. The first-order valence-corrected chi connectivity index (χ1v) is 5.37. The number of fused-ring (bicyclic) bond motifs is 1. The molecule has 3 nitrogen and oxygen atoms in total. The molecule has 0 atom stereocenters. The Kier molecular flexibility index (Phi) is 2.22. The highest BCUT2D eigenvalue weighted by atomic mass is 16.1. The Labute approximate surface area is 97.8 Å². The molecule has 0 aliphatic carbocycles. The molecule has 0 radical (unpaired) electrons. The van der Waals surface area contributed by atoms with E-state index in [1.54, 1.807) is 18.5 Å². The fourth-order valence-corrected chi connectivity index (χ4v) is 1.88. The summed E-state index contributed by atoms with van der Waals surface area (Å²) < 4.78 is 0. The number of hydrogen-bond donors (Lipinski definition) is 1. The highest BCUT2D eigenvalue weighted by Crippen LogP contribution is 2.18. The fourth-order valence-electron chi connectivity index (χ4n) is 1.88. The molecule has 0 spiro atoms. The van der Waals surface area contributed by atoms with Crippen LogP contribution < -0.4 is 5.56 Å². The van der Waals surface area contributed by atoms with E-state index >= 15 is 0 Å². The SMILES string of the molecule is O=c1[nH]c(-c2ccccc2)cc2cnccc12. The predicted molar refractivity (Wildman–Crippen MR) is 67.8 cm³/mol. The summed E-state index contributed by atoms with van der Waals surface area (Å²) in [4.78, 5) is 18.8. The van der Waals surface area contributed by atoms with Crippen molar-refractivity contribution in [2.75, 3.05) is 0 Å². The molecular weight excluding hydrogens is 212 g/mol. The van der Waals surface area contributed by atoms with Crippen molar-refractivity contribution < 1.29 is 0 Å². The molecular formula is C14H10N2O. The Morgan fingerprint density at radius 3 is 2.71 bits per heavy atom. The number of pyridine rings is 2. The van der Waals surface area contributed by atoms with Gasteiger partial charge in [-0.25, -0.2) is 0 Å². The third-order valence-corrected chi connectivity index (χ3v) is 2.73. The number of aromatic nitrogens is 2. The summed E-state index contributed by atoms with van der Waals surface area (Å²) in [6.07, 6.45) is 3.33. The van der Waals surface area contributed by atoms with Crippen LogP contribution in [0.1, 0.15) is 0 Å². The molecule has 1 N–H and O–H groups in total. The van der Waals surface area contributed by atoms with E-state index in [0.29, 0.717) is 5.39 Å². The number of hydrogen-bond acceptors (Lipinski definition) is 2. The summed E-state index contributed by atoms with van der Waals surface area (Å²) in [5, 5.41) is 1.52. The van der Waals surface area contributed by atoms with Gasteiger partial charge >= 0.3 is 0 Å². The Balaban J connectivity index is 2.30. The standard InChI is InChI=1S/C14H10N2O/c17-14-12-6-7-15-9-11(12)8-13(16-14)10-4-2-1-3-5-10/h1-9H,(H,16,17). The third kappa shape index (κ3) is 1.72. The molecule has 2 heterocycles. The number of aromatic amines is 1. The first-order chi connectivity index (χ1) is 8.34. The lowest BCUT2D eigenvalue weighted by atomic mass is 10.1. The monoisotopic (exact) mass is 222 g/mol. The lowest BCUT2D eigenvalue weighted by Crippen LogP contribution is -2.07. The highest BCUT2D eigenvalue weighted by molar-refractivity contribution is 5.84. The van der Waals surface area contributed by atoms with Gasteiger partial charge in [0.15, 0.2) is 0 Å². The molecule has 0 saturated heterocycles. The van der Waals surface area contributed by atoms with Gasteiger partial charge in [0.05, 0.1) is 5.39 Å². The second-order valence-corrected chi connectivity index (χ2v) is 3.84. The van der Waals surface area contributed by atoms with Crippen molar-refractivity contribution in [2.45, 2.75) is 0 Å². The van der Waals surface area contributed by atoms with Crippen LogP contribution in [0.4, 0.5) is 0 Å². The maximum Gasteiger partial charge on any atom is 0.256 e. The van der Waals surface area contributed by atoms with E-state index in [4.69, 9.17) is 0 Å². The van der Waals surface area contributed by atoms with Gasteiger partial charge in [-0.05, 0) is 17.7 Å². The van der Waals surface area contributed by atoms with Crippen LogP contribution in [-0.2, 0) is 0 Å². The minimum absolute atomic E-state index is 0.0799. The van der Waals surface area contributed by atoms with Gasteiger partial charge < -0.3 is 4.98 Å². The molecule has 0 aliphatic heterocycles. The Bertz CT molecular complexity index is 717. The van der Waals surface area contributed by atoms with Gasteiger partial charge in [0.2, 0.25) is 0 Å². The van der Waals surface area contributed by atoms with E-state index in [2.05, 4.69) is 9.97 Å². The lowest BCUT2D eigenvalue weighted by molar-refractivity contribution is 1.26. The summed E-state index contributed by atoms with van der Waals surface area (Å²) in [5.41, 5.74) is 1.73. The maximum atomic E-state index is 11.9. The van der Waals surface area contributed by atoms with E-state index in [1.807, 2.05) is 36.4 Å². The van der Waals surface area contributed by atoms with Crippen molar-refractivity contribution in [3.05, 3.63) is 65.2 Å². The Morgan fingerprint density at radius 2 is 1.88 bits per heavy atom. The third-order valence-electron chi connectivity index (χ3n) is 2.73. The highest BCUT2D eigenvalue weighted by Gasteiger charge is 2.02. The van der Waals surface area contributed by atoms with Crippen molar-refractivity contribution in [1.29, 1.82) is 0 Å². The van der Waals surface area contributed by atoms with E-state index in [-0.39, 0.29) is 5.56 Å². The van der Waals surface area contributed by atoms with Crippen molar-refractivity contribution in [3.63, 3.8) is 0 Å². The number of nitrogens with one attached hydrogen (secondary N) is 1. The molecule has 1 aromatic carbocycles. The molecule has 0 bridgehead atoms. The quantitative estimate of drug-likeness (QED) is 0.687. The number of nitrogens with zero attached hydrogens (tertiary/aromatic N) is 1. The van der Waals surface area contributed by atoms with Gasteiger partial charge in [0.25, 0.3) is 5.56 Å². The van der Waals surface area contributed by atoms with E-state index in [9.17, 15) is 4.79 Å². The van der Waals surface area contributed by atoms with Crippen LogP contribution in [0.5, 0.6) is 0 Å². The molecule has 0 saturated carbocycles. The zero-order valence-electron chi connectivity index (χ0n) is 9.05. The van der Waals surface area contributed by atoms with Crippen molar-refractivity contribution in [3.8, 4) is 11.3 Å². The molecule has 82 valence electrons. The molecule has 0 aliphatic rings. The molecule has 3 rings (SSSR count). The number of rotatable bonds is 1. The van der Waals surface area contributed by atoms with E-state index < -0.39 is 0 Å². The summed E-state index contributed by atoms with van der Waals surface area (Å²) in [6.45, 7) is 0. The van der Waals surface area contributed by atoms with Crippen LogP contribution in [0, 0.1) is 0 Å². The summed E-state index contributed by atoms with van der Waals surface area (Å²) in [7, 11) is 0. The first kappa shape index (κ1) is 9.78. The number of benzene rings is 1. The lowest BCUT2D eigenvalue weighted by Gasteiger charge is -2.03. The van der Waals surface area contributed by atoms with Gasteiger partial charge in [-0.1, -0.05) is 30.3 Å². The van der Waals surface area contributed by atoms with Gasteiger partial charge in [0, 0.05) is 23.5 Å². The van der Waals surface area contributed by atoms with Gasteiger partial charge in [-0.2, -0.15) is 0 Å². The largest absolute Gasteiger partial charge is 0.321 e. The van der Waals surface area contributed by atoms with Crippen LogP contribution in [0.3, 0.4) is 0 Å². The predicted octanol–water partition coefficient (Wildman–Crippen LogP) is 2.59. The van der Waals surface area contributed by atoms with Gasteiger partial charge in [-0.15, -0.1) is 0 Å². The topological polar surface area (TPSA) is 45.8 Å². The van der Waals surface area contributed by atoms with E-state index in [1.165, 1.54) is 0 Å². The summed E-state index contributed by atoms with van der Waals surface area (Å²) in [5.74, 6) is 0. The van der Waals surface area contributed by atoms with Crippen LogP contribution in [0.15, 0.2) is 59.7 Å². The molecule has 17 heavy (non-hydrogen) atoms. The maximum absolute atomic E-state index is 11.9. The smallest absolute Gasteiger partial charge is 0.256 e. The zero-order chi connectivity index (χ0) is 11.7. The van der Waals surface area contributed by atoms with Gasteiger partial charge in [-0.3, -0.25) is 9.78 Å². The minimum Gasteiger partial charge on any atom is -0.321 e. The Morgan fingerprint density at radius 1 is 1.06 bits per heavy atom. The van der Waals surface area contributed by atoms with Crippen molar-refractivity contribution >= 4 is 10.8 Å².